The predicted molar refractivity (Wildman–Crippen MR) is 72.3 cm³/mol. The molecule has 2 aromatic rings. The van der Waals surface area contributed by atoms with Crippen LogP contribution in [0.3, 0.4) is 0 Å². The molecule has 0 unspecified atom stereocenters. The van der Waals surface area contributed by atoms with E-state index in [0.29, 0.717) is 12.3 Å². The predicted octanol–water partition coefficient (Wildman–Crippen LogP) is 3.27. The minimum atomic E-state index is -0.480. The molecule has 2 N–H and O–H groups in total. The number of rotatable bonds is 5. The van der Waals surface area contributed by atoms with E-state index >= 15 is 0 Å². The molecule has 3 nitrogen and oxygen atoms in total. The normalized spacial score (nSPS) is 10.4. The Labute approximate surface area is 111 Å². The number of aryl methyl sites for hydroxylation is 1. The molecule has 0 bridgehead atoms. The van der Waals surface area contributed by atoms with Gasteiger partial charge in [0, 0.05) is 11.8 Å². The fourth-order valence-corrected chi connectivity index (χ4v) is 1.62. The van der Waals surface area contributed by atoms with E-state index in [-0.39, 0.29) is 12.5 Å². The Bertz CT molecular complexity index is 543. The monoisotopic (exact) mass is 261 g/mol. The topological polar surface area (TPSA) is 44.5 Å². The average Bonchev–Trinajstić information content (AvgIpc) is 2.41. The highest BCUT2D eigenvalue weighted by Gasteiger charge is 2.06. The molecule has 2 aromatic carbocycles. The van der Waals surface area contributed by atoms with Crippen molar-refractivity contribution in [2.75, 3.05) is 12.5 Å². The van der Waals surface area contributed by atoms with E-state index < -0.39 is 5.82 Å². The third-order valence-corrected chi connectivity index (χ3v) is 2.73. The van der Waals surface area contributed by atoms with Crippen LogP contribution in [0.15, 0.2) is 42.5 Å². The number of hydrogen-bond donors (Lipinski definition) is 1. The van der Waals surface area contributed by atoms with Gasteiger partial charge >= 0.3 is 0 Å². The summed E-state index contributed by atoms with van der Waals surface area (Å²) in [6, 6.07) is 12.5. The molecule has 0 spiro atoms. The molecular formula is C15H16FNO2. The zero-order chi connectivity index (χ0) is 13.7. The van der Waals surface area contributed by atoms with Gasteiger partial charge in [0.2, 0.25) is 0 Å². The summed E-state index contributed by atoms with van der Waals surface area (Å²) in [6.07, 6.45) is 0. The number of nitrogens with two attached hydrogens (primary N) is 1. The molecule has 0 radical (unpaired) electrons. The first-order valence-corrected chi connectivity index (χ1v) is 5.97. The Balaban J connectivity index is 1.85. The summed E-state index contributed by atoms with van der Waals surface area (Å²) in [4.78, 5) is 0. The summed E-state index contributed by atoms with van der Waals surface area (Å²) >= 11 is 0. The van der Waals surface area contributed by atoms with Gasteiger partial charge < -0.3 is 15.2 Å². The zero-order valence-electron chi connectivity index (χ0n) is 10.7. The number of halogens is 1. The Hall–Kier alpha value is -2.07. The first kappa shape index (κ1) is 13.4. The van der Waals surface area contributed by atoms with Crippen molar-refractivity contribution in [3.8, 4) is 5.75 Å². The van der Waals surface area contributed by atoms with Crippen molar-refractivity contribution in [3.63, 3.8) is 0 Å². The van der Waals surface area contributed by atoms with Crippen LogP contribution < -0.4 is 10.5 Å². The molecule has 19 heavy (non-hydrogen) atoms. The van der Waals surface area contributed by atoms with Gasteiger partial charge in [0.15, 0.2) is 18.4 Å². The van der Waals surface area contributed by atoms with E-state index in [1.165, 1.54) is 6.07 Å². The van der Waals surface area contributed by atoms with Crippen LogP contribution in [0.1, 0.15) is 11.1 Å². The van der Waals surface area contributed by atoms with Crippen LogP contribution in [0.5, 0.6) is 5.75 Å². The van der Waals surface area contributed by atoms with Crippen LogP contribution in [0.4, 0.5) is 10.1 Å². The quantitative estimate of drug-likeness (QED) is 0.510. The Morgan fingerprint density at radius 3 is 2.63 bits per heavy atom. The summed E-state index contributed by atoms with van der Waals surface area (Å²) in [5, 5.41) is 0. The second-order valence-corrected chi connectivity index (χ2v) is 4.24. The van der Waals surface area contributed by atoms with Crippen molar-refractivity contribution < 1.29 is 13.9 Å². The summed E-state index contributed by atoms with van der Waals surface area (Å²) < 4.78 is 24.1. The Morgan fingerprint density at radius 1 is 1.16 bits per heavy atom. The lowest BCUT2D eigenvalue weighted by molar-refractivity contribution is 0.00301. The summed E-state index contributed by atoms with van der Waals surface area (Å²) in [5.41, 5.74) is 7.82. The third kappa shape index (κ3) is 3.69. The second kappa shape index (κ2) is 6.20. The number of ether oxygens (including phenoxy) is 2. The first-order chi connectivity index (χ1) is 9.16. The largest absolute Gasteiger partial charge is 0.464 e. The van der Waals surface area contributed by atoms with Gasteiger partial charge in [-0.15, -0.1) is 0 Å². The number of hydrogen-bond acceptors (Lipinski definition) is 3. The number of anilines is 1. The zero-order valence-corrected chi connectivity index (χ0v) is 10.7. The summed E-state index contributed by atoms with van der Waals surface area (Å²) in [7, 11) is 0. The summed E-state index contributed by atoms with van der Waals surface area (Å²) in [6.45, 7) is 2.22. The van der Waals surface area contributed by atoms with Crippen molar-refractivity contribution in [1.29, 1.82) is 0 Å². The maximum Gasteiger partial charge on any atom is 0.189 e. The van der Waals surface area contributed by atoms with Crippen LogP contribution >= 0.6 is 0 Å². The van der Waals surface area contributed by atoms with Gasteiger partial charge in [-0.05, 0) is 24.1 Å². The van der Waals surface area contributed by atoms with E-state index in [2.05, 4.69) is 0 Å². The maximum absolute atomic E-state index is 13.5. The van der Waals surface area contributed by atoms with Crippen molar-refractivity contribution in [1.82, 2.24) is 0 Å². The van der Waals surface area contributed by atoms with Gasteiger partial charge in [0.25, 0.3) is 0 Å². The summed E-state index contributed by atoms with van der Waals surface area (Å²) in [5.74, 6) is -0.328. The molecule has 0 saturated heterocycles. The molecule has 0 aliphatic heterocycles. The number of nitrogen functional groups attached to an aromatic ring is 1. The maximum atomic E-state index is 13.5. The van der Waals surface area contributed by atoms with Crippen molar-refractivity contribution >= 4 is 5.69 Å². The molecule has 2 rings (SSSR count). The van der Waals surface area contributed by atoms with Crippen LogP contribution in [0, 0.1) is 12.7 Å². The van der Waals surface area contributed by atoms with E-state index in [1.54, 1.807) is 13.0 Å². The minimum Gasteiger partial charge on any atom is -0.464 e. The minimum absolute atomic E-state index is 0.00479. The smallest absolute Gasteiger partial charge is 0.189 e. The Kier molecular flexibility index (Phi) is 4.36. The van der Waals surface area contributed by atoms with Gasteiger partial charge in [0.05, 0.1) is 6.61 Å². The van der Waals surface area contributed by atoms with E-state index in [1.807, 2.05) is 30.3 Å². The third-order valence-electron chi connectivity index (χ3n) is 2.73. The molecule has 0 saturated carbocycles. The van der Waals surface area contributed by atoms with Crippen LogP contribution in [0.2, 0.25) is 0 Å². The van der Waals surface area contributed by atoms with Crippen molar-refractivity contribution in [3.05, 3.63) is 59.4 Å². The van der Waals surface area contributed by atoms with Crippen LogP contribution in [-0.4, -0.2) is 6.79 Å². The lowest BCUT2D eigenvalue weighted by Gasteiger charge is -2.10. The highest BCUT2D eigenvalue weighted by Crippen LogP contribution is 2.23. The molecule has 0 aliphatic rings. The highest BCUT2D eigenvalue weighted by atomic mass is 19.1. The fraction of sp³-hybridized carbons (Fsp3) is 0.200. The molecular weight excluding hydrogens is 245 g/mol. The van der Waals surface area contributed by atoms with E-state index in [9.17, 15) is 4.39 Å². The van der Waals surface area contributed by atoms with Gasteiger partial charge in [0.1, 0.15) is 0 Å². The molecule has 4 heteroatoms. The van der Waals surface area contributed by atoms with Crippen molar-refractivity contribution in [2.24, 2.45) is 0 Å². The van der Waals surface area contributed by atoms with Gasteiger partial charge in [-0.1, -0.05) is 30.3 Å². The molecule has 0 aromatic heterocycles. The lowest BCUT2D eigenvalue weighted by Crippen LogP contribution is -2.05. The van der Waals surface area contributed by atoms with Crippen molar-refractivity contribution in [2.45, 2.75) is 13.5 Å². The molecule has 0 atom stereocenters. The SMILES string of the molecule is Cc1cc(OCOCc2ccccc2)c(F)cc1N. The van der Waals surface area contributed by atoms with Gasteiger partial charge in [-0.25, -0.2) is 4.39 Å². The highest BCUT2D eigenvalue weighted by molar-refractivity contribution is 5.50. The Morgan fingerprint density at radius 2 is 1.89 bits per heavy atom. The molecule has 0 amide bonds. The van der Waals surface area contributed by atoms with Gasteiger partial charge in [-0.3, -0.25) is 0 Å². The first-order valence-electron chi connectivity index (χ1n) is 5.97. The van der Waals surface area contributed by atoms with Crippen LogP contribution in [0.25, 0.3) is 0 Å². The molecule has 0 aliphatic carbocycles. The standard InChI is InChI=1S/C15H16FNO2/c1-11-7-15(13(16)8-14(11)17)19-10-18-9-12-5-3-2-4-6-12/h2-8H,9-10,17H2,1H3. The van der Waals surface area contributed by atoms with Gasteiger partial charge in [-0.2, -0.15) is 0 Å². The lowest BCUT2D eigenvalue weighted by atomic mass is 10.2. The molecule has 0 fully saturated rings. The molecule has 100 valence electrons. The number of benzene rings is 2. The second-order valence-electron chi connectivity index (χ2n) is 4.24. The fourth-order valence-electron chi connectivity index (χ4n) is 1.62. The van der Waals surface area contributed by atoms with Crippen LogP contribution in [-0.2, 0) is 11.3 Å². The van der Waals surface area contributed by atoms with E-state index in [4.69, 9.17) is 15.2 Å². The van der Waals surface area contributed by atoms with E-state index in [0.717, 1.165) is 11.1 Å². The molecule has 0 heterocycles. The average molecular weight is 261 g/mol.